The van der Waals surface area contributed by atoms with E-state index in [2.05, 4.69) is 0 Å². The van der Waals surface area contributed by atoms with Crippen LogP contribution in [0, 0.1) is 0 Å². The fourth-order valence-electron chi connectivity index (χ4n) is 1.26. The van der Waals surface area contributed by atoms with Gasteiger partial charge in [-0.25, -0.2) is 0 Å². The molecule has 0 heterocycles. The van der Waals surface area contributed by atoms with Crippen molar-refractivity contribution < 1.29 is 4.74 Å². The van der Waals surface area contributed by atoms with Crippen LogP contribution in [-0.2, 0) is 0 Å². The Kier molecular flexibility index (Phi) is 4.52. The molecule has 0 aliphatic heterocycles. The Morgan fingerprint density at radius 1 is 0.722 bits per heavy atom. The number of hydrogen-bond acceptors (Lipinski definition) is 1. The van der Waals surface area contributed by atoms with Gasteiger partial charge in [0.15, 0.2) is 5.75 Å². The molecule has 94 valence electrons. The van der Waals surface area contributed by atoms with Gasteiger partial charge >= 0.3 is 0 Å². The van der Waals surface area contributed by atoms with Crippen LogP contribution in [0.3, 0.4) is 0 Å². The zero-order chi connectivity index (χ0) is 13.3. The summed E-state index contributed by atoms with van der Waals surface area (Å²) < 4.78 is 5.57. The predicted octanol–water partition coefficient (Wildman–Crippen LogP) is 6.75. The van der Waals surface area contributed by atoms with E-state index in [4.69, 9.17) is 62.7 Å². The molecule has 0 aromatic heterocycles. The Morgan fingerprint density at radius 2 is 1.22 bits per heavy atom. The molecule has 0 radical (unpaired) electrons. The summed E-state index contributed by atoms with van der Waals surface area (Å²) >= 11 is 29.6. The van der Waals surface area contributed by atoms with E-state index >= 15 is 0 Å². The number of rotatable bonds is 2. The number of hydrogen-bond donors (Lipinski definition) is 0. The summed E-state index contributed by atoms with van der Waals surface area (Å²) in [6, 6.07) is 8.20. The van der Waals surface area contributed by atoms with Crippen molar-refractivity contribution in [2.24, 2.45) is 0 Å². The van der Waals surface area contributed by atoms with Gasteiger partial charge in [0, 0.05) is 5.02 Å². The van der Waals surface area contributed by atoms with Crippen LogP contribution in [0.25, 0.3) is 0 Å². The average molecular weight is 342 g/mol. The third-order valence-electron chi connectivity index (χ3n) is 2.11. The highest BCUT2D eigenvalue weighted by Gasteiger charge is 2.16. The summed E-state index contributed by atoms with van der Waals surface area (Å²) in [5.74, 6) is 0.750. The maximum atomic E-state index is 6.03. The molecule has 0 atom stereocenters. The normalized spacial score (nSPS) is 10.5. The van der Waals surface area contributed by atoms with Gasteiger partial charge in [0.05, 0.1) is 10.0 Å². The molecule has 0 unspecified atom stereocenters. The van der Waals surface area contributed by atoms with Gasteiger partial charge in [-0.15, -0.1) is 0 Å². The second kappa shape index (κ2) is 5.77. The largest absolute Gasteiger partial charge is 0.454 e. The van der Waals surface area contributed by atoms with Crippen molar-refractivity contribution in [1.82, 2.24) is 0 Å². The Hall–Kier alpha value is -0.310. The molecule has 0 amide bonds. The second-order valence-electron chi connectivity index (χ2n) is 3.35. The lowest BCUT2D eigenvalue weighted by atomic mass is 10.3. The van der Waals surface area contributed by atoms with Gasteiger partial charge in [0.25, 0.3) is 0 Å². The fourth-order valence-corrected chi connectivity index (χ4v) is 2.26. The third-order valence-corrected chi connectivity index (χ3v) is 3.90. The summed E-state index contributed by atoms with van der Waals surface area (Å²) in [6.45, 7) is 0. The van der Waals surface area contributed by atoms with Crippen LogP contribution in [0.15, 0.2) is 30.3 Å². The van der Waals surface area contributed by atoms with E-state index < -0.39 is 0 Å². The lowest BCUT2D eigenvalue weighted by molar-refractivity contribution is 0.483. The van der Waals surface area contributed by atoms with Crippen LogP contribution in [-0.4, -0.2) is 0 Å². The molecule has 2 rings (SSSR count). The van der Waals surface area contributed by atoms with Crippen molar-refractivity contribution in [3.63, 3.8) is 0 Å². The third kappa shape index (κ3) is 2.98. The molecule has 0 aliphatic carbocycles. The molecule has 0 fully saturated rings. The number of ether oxygens (including phenoxy) is 1. The Bertz CT molecular complexity index is 554. The maximum absolute atomic E-state index is 6.03. The van der Waals surface area contributed by atoms with Crippen molar-refractivity contribution in [3.8, 4) is 11.5 Å². The van der Waals surface area contributed by atoms with Crippen LogP contribution >= 0.6 is 58.0 Å². The summed E-state index contributed by atoms with van der Waals surface area (Å²) in [5, 5.41) is 1.57. The number of benzene rings is 2. The van der Waals surface area contributed by atoms with Crippen molar-refractivity contribution >= 4 is 58.0 Å². The summed E-state index contributed by atoms with van der Waals surface area (Å²) in [5.41, 5.74) is 0. The van der Waals surface area contributed by atoms with Crippen molar-refractivity contribution in [2.75, 3.05) is 0 Å². The highest BCUT2D eigenvalue weighted by molar-refractivity contribution is 6.48. The molecule has 2 aromatic carbocycles. The molecule has 1 nitrogen and oxygen atoms in total. The van der Waals surface area contributed by atoms with E-state index in [-0.39, 0.29) is 25.8 Å². The topological polar surface area (TPSA) is 9.23 Å². The molecule has 18 heavy (non-hydrogen) atoms. The monoisotopic (exact) mass is 340 g/mol. The maximum Gasteiger partial charge on any atom is 0.167 e. The molecule has 6 heteroatoms. The van der Waals surface area contributed by atoms with Crippen molar-refractivity contribution in [3.05, 3.63) is 55.4 Å². The molecule has 0 saturated carbocycles. The van der Waals surface area contributed by atoms with Gasteiger partial charge in [-0.3, -0.25) is 0 Å². The van der Waals surface area contributed by atoms with Crippen molar-refractivity contribution in [1.29, 1.82) is 0 Å². The van der Waals surface area contributed by atoms with E-state index in [9.17, 15) is 0 Å². The molecular formula is C12H5Cl5O. The Balaban J connectivity index is 2.42. The van der Waals surface area contributed by atoms with Crippen molar-refractivity contribution in [2.45, 2.75) is 0 Å². The highest BCUT2D eigenvalue weighted by atomic mass is 35.5. The first kappa shape index (κ1) is 14.1. The van der Waals surface area contributed by atoms with Gasteiger partial charge in [-0.05, 0) is 30.3 Å². The molecule has 0 saturated heterocycles. The van der Waals surface area contributed by atoms with E-state index in [1.54, 1.807) is 24.3 Å². The second-order valence-corrected chi connectivity index (χ2v) is 5.36. The first-order chi connectivity index (χ1) is 8.49. The Labute approximate surface area is 129 Å². The van der Waals surface area contributed by atoms with Gasteiger partial charge < -0.3 is 4.74 Å². The summed E-state index contributed by atoms with van der Waals surface area (Å²) in [7, 11) is 0. The quantitative estimate of drug-likeness (QED) is 0.549. The molecule has 0 spiro atoms. The average Bonchev–Trinajstić information content (AvgIpc) is 2.34. The van der Waals surface area contributed by atoms with Crippen LogP contribution in [0.4, 0.5) is 0 Å². The minimum atomic E-state index is 0.209. The van der Waals surface area contributed by atoms with E-state index in [0.717, 1.165) is 0 Å². The van der Waals surface area contributed by atoms with Crippen LogP contribution in [0.1, 0.15) is 0 Å². The van der Waals surface area contributed by atoms with Crippen LogP contribution < -0.4 is 4.74 Å². The summed E-state index contributed by atoms with van der Waals surface area (Å²) in [4.78, 5) is 0. The molecule has 2 aromatic rings. The smallest absolute Gasteiger partial charge is 0.167 e. The van der Waals surface area contributed by atoms with E-state index in [0.29, 0.717) is 10.8 Å². The van der Waals surface area contributed by atoms with Gasteiger partial charge in [0.2, 0.25) is 0 Å². The highest BCUT2D eigenvalue weighted by Crippen LogP contribution is 2.44. The number of halogens is 5. The minimum Gasteiger partial charge on any atom is -0.454 e. The van der Waals surface area contributed by atoms with Crippen LogP contribution in [0.5, 0.6) is 11.5 Å². The van der Waals surface area contributed by atoms with Gasteiger partial charge in [0.1, 0.15) is 15.8 Å². The zero-order valence-corrected chi connectivity index (χ0v) is 12.5. The molecule has 0 aliphatic rings. The van der Waals surface area contributed by atoms with Gasteiger partial charge in [-0.1, -0.05) is 58.0 Å². The van der Waals surface area contributed by atoms with E-state index in [1.807, 2.05) is 0 Å². The minimum absolute atomic E-state index is 0.209. The SMILES string of the molecule is Clc1ccc(Oc2c(Cl)c(Cl)cc(Cl)c2Cl)cc1. The molecule has 0 bridgehead atoms. The standard InChI is InChI=1S/C12H5Cl5O/c13-6-1-3-7(4-2-6)18-12-10(16)8(14)5-9(15)11(12)17/h1-5H. The van der Waals surface area contributed by atoms with Crippen LogP contribution in [0.2, 0.25) is 25.1 Å². The first-order valence-corrected chi connectivity index (χ1v) is 6.64. The van der Waals surface area contributed by atoms with Gasteiger partial charge in [-0.2, -0.15) is 0 Å². The lowest BCUT2D eigenvalue weighted by Gasteiger charge is -2.11. The summed E-state index contributed by atoms with van der Waals surface area (Å²) in [6.07, 6.45) is 0. The first-order valence-electron chi connectivity index (χ1n) is 4.75. The molecular weight excluding hydrogens is 337 g/mol. The fraction of sp³-hybridized carbons (Fsp3) is 0. The Morgan fingerprint density at radius 3 is 1.72 bits per heavy atom. The lowest BCUT2D eigenvalue weighted by Crippen LogP contribution is -1.88. The van der Waals surface area contributed by atoms with E-state index in [1.165, 1.54) is 6.07 Å². The zero-order valence-electron chi connectivity index (χ0n) is 8.68. The predicted molar refractivity (Wildman–Crippen MR) is 78.0 cm³/mol. The molecule has 0 N–H and O–H groups in total.